The minimum atomic E-state index is -1.92. The lowest BCUT2D eigenvalue weighted by Crippen LogP contribution is -2.61. The lowest BCUT2D eigenvalue weighted by atomic mass is 9.98. The minimum absolute atomic E-state index is 0.0583. The number of aliphatic hydroxyl groups is 2. The van der Waals surface area contributed by atoms with Crippen molar-refractivity contribution >= 4 is 23.9 Å². The molecule has 0 radical (unpaired) electrons. The fraction of sp³-hybridized carbons (Fsp3) is 0.789. The van der Waals surface area contributed by atoms with Gasteiger partial charge in [-0.1, -0.05) is 223 Å². The standard InChI is InChI=1S/C57H98O12/c1-4-7-10-13-16-19-22-24-25-27-29-31-34-37-40-43-49(58)65-46-48(67-50(59)44-41-38-35-32-28-21-18-15-12-9-6-3)47-66-57-55(53(62)52(61)54(69-57)56(63)64)68-51(60)45-42-39-36-33-30-26-23-20-17-14-11-8-5-2/h8,11,17,20,26,30,36,39,48,52-55,57,61-62H,4-7,9-10,12-16,18-19,21-25,27-29,31-35,37-38,40-47H2,1-3H3,(H,63,64)/b11-8-,20-17-,30-26-,39-36-. The molecule has 0 spiro atoms. The largest absolute Gasteiger partial charge is 0.479 e. The second kappa shape index (κ2) is 45.8. The molecular weight excluding hydrogens is 877 g/mol. The number of carbonyl (C=O) groups excluding carboxylic acids is 3. The average molecular weight is 975 g/mol. The molecule has 1 rings (SSSR count). The smallest absolute Gasteiger partial charge is 0.335 e. The fourth-order valence-electron chi connectivity index (χ4n) is 8.21. The van der Waals surface area contributed by atoms with Crippen LogP contribution in [0.25, 0.3) is 0 Å². The maximum atomic E-state index is 13.1. The van der Waals surface area contributed by atoms with Crippen LogP contribution in [0.1, 0.15) is 239 Å². The van der Waals surface area contributed by atoms with E-state index in [2.05, 4.69) is 51.2 Å². The summed E-state index contributed by atoms with van der Waals surface area (Å²) in [4.78, 5) is 50.8. The molecule has 1 fully saturated rings. The molecule has 12 nitrogen and oxygen atoms in total. The molecule has 1 aliphatic heterocycles. The van der Waals surface area contributed by atoms with Gasteiger partial charge in [-0.15, -0.1) is 0 Å². The maximum absolute atomic E-state index is 13.1. The molecule has 3 N–H and O–H groups in total. The van der Waals surface area contributed by atoms with Gasteiger partial charge in [0.05, 0.1) is 6.61 Å². The zero-order valence-corrected chi connectivity index (χ0v) is 43.6. The van der Waals surface area contributed by atoms with E-state index >= 15 is 0 Å². The van der Waals surface area contributed by atoms with E-state index in [0.717, 1.165) is 57.8 Å². The first-order chi connectivity index (χ1) is 33.6. The van der Waals surface area contributed by atoms with Crippen molar-refractivity contribution in [1.29, 1.82) is 0 Å². The number of aliphatic carboxylic acids is 1. The highest BCUT2D eigenvalue weighted by molar-refractivity contribution is 5.74. The number of esters is 3. The highest BCUT2D eigenvalue weighted by Gasteiger charge is 2.50. The summed E-state index contributed by atoms with van der Waals surface area (Å²) in [5, 5.41) is 31.3. The van der Waals surface area contributed by atoms with Crippen molar-refractivity contribution in [2.45, 2.75) is 276 Å². The van der Waals surface area contributed by atoms with Crippen LogP contribution in [0.4, 0.5) is 0 Å². The second-order valence-corrected chi connectivity index (χ2v) is 18.9. The Morgan fingerprint density at radius 1 is 0.493 bits per heavy atom. The number of carboxylic acid groups (broad SMARTS) is 1. The number of hydrogen-bond acceptors (Lipinski definition) is 11. The van der Waals surface area contributed by atoms with Crippen molar-refractivity contribution in [2.24, 2.45) is 0 Å². The van der Waals surface area contributed by atoms with E-state index in [-0.39, 0.29) is 25.9 Å². The summed E-state index contributed by atoms with van der Waals surface area (Å²) in [5.41, 5.74) is 0. The molecule has 1 aliphatic rings. The maximum Gasteiger partial charge on any atom is 0.335 e. The van der Waals surface area contributed by atoms with Crippen LogP contribution in [0, 0.1) is 0 Å². The molecule has 0 amide bonds. The van der Waals surface area contributed by atoms with Gasteiger partial charge < -0.3 is 39.0 Å². The van der Waals surface area contributed by atoms with Gasteiger partial charge in [-0.2, -0.15) is 0 Å². The first-order valence-corrected chi connectivity index (χ1v) is 27.6. The third kappa shape index (κ3) is 36.3. The first-order valence-electron chi connectivity index (χ1n) is 27.6. The summed E-state index contributed by atoms with van der Waals surface area (Å²) >= 11 is 0. The van der Waals surface area contributed by atoms with E-state index in [4.69, 9.17) is 23.7 Å². The quantitative estimate of drug-likeness (QED) is 0.0228. The van der Waals surface area contributed by atoms with Gasteiger partial charge in [-0.25, -0.2) is 4.79 Å². The normalized spacial score (nSPS) is 19.0. The van der Waals surface area contributed by atoms with Crippen LogP contribution in [0.5, 0.6) is 0 Å². The van der Waals surface area contributed by atoms with Gasteiger partial charge in [0.25, 0.3) is 0 Å². The minimum Gasteiger partial charge on any atom is -0.479 e. The van der Waals surface area contributed by atoms with Crippen LogP contribution in [0.3, 0.4) is 0 Å². The zero-order chi connectivity index (χ0) is 50.4. The predicted octanol–water partition coefficient (Wildman–Crippen LogP) is 13.4. The summed E-state index contributed by atoms with van der Waals surface area (Å²) in [5.74, 6) is -3.21. The number of carboxylic acids is 1. The molecule has 6 atom stereocenters. The van der Waals surface area contributed by atoms with Gasteiger partial charge in [-0.05, 0) is 44.9 Å². The van der Waals surface area contributed by atoms with E-state index < -0.39 is 67.3 Å². The van der Waals surface area contributed by atoms with Crippen molar-refractivity contribution in [3.05, 3.63) is 48.6 Å². The molecule has 69 heavy (non-hydrogen) atoms. The summed E-state index contributed by atoms with van der Waals surface area (Å²) < 4.78 is 28.2. The third-order valence-corrected chi connectivity index (χ3v) is 12.4. The molecule has 0 aromatic rings. The number of ether oxygens (including phenoxy) is 5. The van der Waals surface area contributed by atoms with Crippen molar-refractivity contribution in [2.75, 3.05) is 13.2 Å². The Balaban J connectivity index is 2.73. The van der Waals surface area contributed by atoms with Gasteiger partial charge in [0.2, 0.25) is 0 Å². The van der Waals surface area contributed by atoms with Crippen LogP contribution in [0.15, 0.2) is 48.6 Å². The van der Waals surface area contributed by atoms with Crippen molar-refractivity contribution in [1.82, 2.24) is 0 Å². The second-order valence-electron chi connectivity index (χ2n) is 18.9. The van der Waals surface area contributed by atoms with E-state index in [1.165, 1.54) is 116 Å². The summed E-state index contributed by atoms with van der Waals surface area (Å²) in [7, 11) is 0. The van der Waals surface area contributed by atoms with Gasteiger partial charge in [0, 0.05) is 19.3 Å². The molecule has 1 heterocycles. The van der Waals surface area contributed by atoms with Gasteiger partial charge in [0.1, 0.15) is 18.8 Å². The Kier molecular flexibility index (Phi) is 42.3. The van der Waals surface area contributed by atoms with E-state index in [1.807, 2.05) is 18.2 Å². The Hall–Kier alpha value is -3.32. The molecule has 6 unspecified atom stereocenters. The Labute approximate surface area is 418 Å². The van der Waals surface area contributed by atoms with Crippen LogP contribution >= 0.6 is 0 Å². The van der Waals surface area contributed by atoms with Gasteiger partial charge >= 0.3 is 23.9 Å². The van der Waals surface area contributed by atoms with Crippen molar-refractivity contribution < 1.29 is 58.2 Å². The molecule has 0 aliphatic carbocycles. The molecular formula is C57H98O12. The summed E-state index contributed by atoms with van der Waals surface area (Å²) in [6, 6.07) is 0. The van der Waals surface area contributed by atoms with Crippen molar-refractivity contribution in [3.8, 4) is 0 Å². The first kappa shape index (κ1) is 63.7. The molecule has 12 heteroatoms. The third-order valence-electron chi connectivity index (χ3n) is 12.4. The predicted molar refractivity (Wildman–Crippen MR) is 276 cm³/mol. The lowest BCUT2D eigenvalue weighted by Gasteiger charge is -2.40. The highest BCUT2D eigenvalue weighted by Crippen LogP contribution is 2.26. The van der Waals surface area contributed by atoms with E-state index in [1.54, 1.807) is 0 Å². The van der Waals surface area contributed by atoms with Crippen LogP contribution in [-0.4, -0.2) is 89.2 Å². The Morgan fingerprint density at radius 2 is 0.913 bits per heavy atom. The van der Waals surface area contributed by atoms with Crippen molar-refractivity contribution in [3.63, 3.8) is 0 Å². The zero-order valence-electron chi connectivity index (χ0n) is 43.6. The fourth-order valence-corrected chi connectivity index (χ4v) is 8.21. The lowest BCUT2D eigenvalue weighted by molar-refractivity contribution is -0.301. The highest BCUT2D eigenvalue weighted by atomic mass is 16.7. The Bertz CT molecular complexity index is 1390. The molecule has 0 saturated carbocycles. The summed E-state index contributed by atoms with van der Waals surface area (Å²) in [6.07, 6.45) is 41.1. The van der Waals surface area contributed by atoms with Gasteiger partial charge in [0.15, 0.2) is 24.6 Å². The van der Waals surface area contributed by atoms with E-state index in [9.17, 15) is 34.5 Å². The van der Waals surface area contributed by atoms with Gasteiger partial charge in [-0.3, -0.25) is 14.4 Å². The molecule has 398 valence electrons. The molecule has 1 saturated heterocycles. The number of hydrogen-bond donors (Lipinski definition) is 3. The summed E-state index contributed by atoms with van der Waals surface area (Å²) in [6.45, 7) is 5.83. The number of aliphatic hydroxyl groups excluding tert-OH is 2. The van der Waals surface area contributed by atoms with E-state index in [0.29, 0.717) is 25.7 Å². The average Bonchev–Trinajstić information content (AvgIpc) is 3.33. The Morgan fingerprint density at radius 3 is 1.36 bits per heavy atom. The monoisotopic (exact) mass is 975 g/mol. The van der Waals surface area contributed by atoms with Crippen LogP contribution < -0.4 is 0 Å². The number of unbranched alkanes of at least 4 members (excludes halogenated alkanes) is 24. The molecule has 0 aromatic heterocycles. The SMILES string of the molecule is CC/C=C\C/C=C\C/C=C\C/C=C\CCC(=O)OC1C(OCC(COC(=O)CCCCCCCCCCCCCCCCC)OC(=O)CCCCCCCCCCCCC)OC(C(=O)O)C(O)C1O. The number of allylic oxidation sites excluding steroid dienone is 8. The molecule has 0 aromatic carbocycles. The number of rotatable bonds is 46. The van der Waals surface area contributed by atoms with Crippen LogP contribution in [-0.2, 0) is 42.9 Å². The topological polar surface area (TPSA) is 175 Å². The molecule has 0 bridgehead atoms. The number of carbonyl (C=O) groups is 4. The van der Waals surface area contributed by atoms with Crippen LogP contribution in [0.2, 0.25) is 0 Å².